The van der Waals surface area contributed by atoms with Crippen LogP contribution in [0.4, 0.5) is 0 Å². The van der Waals surface area contributed by atoms with E-state index in [-0.39, 0.29) is 0 Å². The van der Waals surface area contributed by atoms with Gasteiger partial charge in [0.15, 0.2) is 0 Å². The number of rotatable bonds is 1. The smallest absolute Gasteiger partial charge is 0.0499 e. The van der Waals surface area contributed by atoms with E-state index in [1.807, 2.05) is 11.3 Å². The zero-order chi connectivity index (χ0) is 9.42. The SMILES string of the molecule is BrCc1cc2c(Br)ccc(Br)c2s1. The van der Waals surface area contributed by atoms with Crippen molar-refractivity contribution in [3.8, 4) is 0 Å². The predicted octanol–water partition coefficient (Wildman–Crippen LogP) is 5.32. The second-order valence-corrected chi connectivity index (χ2v) is 6.02. The monoisotopic (exact) mass is 382 g/mol. The van der Waals surface area contributed by atoms with E-state index in [9.17, 15) is 0 Å². The minimum atomic E-state index is 0.922. The van der Waals surface area contributed by atoms with Crippen LogP contribution in [0.5, 0.6) is 0 Å². The van der Waals surface area contributed by atoms with E-state index >= 15 is 0 Å². The van der Waals surface area contributed by atoms with E-state index in [1.54, 1.807) is 0 Å². The maximum atomic E-state index is 3.55. The van der Waals surface area contributed by atoms with Gasteiger partial charge in [-0.05, 0) is 34.1 Å². The Morgan fingerprint density at radius 2 is 1.85 bits per heavy atom. The molecule has 0 aliphatic carbocycles. The Morgan fingerprint density at radius 3 is 2.46 bits per heavy atom. The molecule has 0 aliphatic rings. The average Bonchev–Trinajstić information content (AvgIpc) is 2.56. The Bertz CT molecular complexity index is 408. The van der Waals surface area contributed by atoms with Crippen molar-refractivity contribution >= 4 is 69.2 Å². The lowest BCUT2D eigenvalue weighted by Gasteiger charge is -1.94. The molecule has 68 valence electrons. The molecule has 4 heteroatoms. The number of hydrogen-bond acceptors (Lipinski definition) is 1. The standard InChI is InChI=1S/C9H5Br3S/c10-4-5-3-6-7(11)1-2-8(12)9(6)13-5/h1-3H,4H2. The van der Waals surface area contributed by atoms with Crippen molar-refractivity contribution in [2.75, 3.05) is 0 Å². The van der Waals surface area contributed by atoms with Crippen molar-refractivity contribution in [1.82, 2.24) is 0 Å². The Hall–Kier alpha value is 0.620. The maximum absolute atomic E-state index is 3.55. The quantitative estimate of drug-likeness (QED) is 0.583. The largest absolute Gasteiger partial charge is 0.138 e. The highest BCUT2D eigenvalue weighted by Gasteiger charge is 2.06. The molecule has 0 aliphatic heterocycles. The lowest BCUT2D eigenvalue weighted by Crippen LogP contribution is -1.67. The topological polar surface area (TPSA) is 0 Å². The fourth-order valence-electron chi connectivity index (χ4n) is 1.17. The lowest BCUT2D eigenvalue weighted by atomic mass is 10.2. The Labute approximate surface area is 106 Å². The summed E-state index contributed by atoms with van der Waals surface area (Å²) < 4.78 is 3.64. The molecule has 1 aromatic carbocycles. The molecule has 0 atom stereocenters. The van der Waals surface area contributed by atoms with Crippen LogP contribution in [-0.4, -0.2) is 0 Å². The molecule has 0 spiro atoms. The average molecular weight is 385 g/mol. The summed E-state index contributed by atoms with van der Waals surface area (Å²) in [4.78, 5) is 1.35. The second-order valence-electron chi connectivity index (χ2n) is 2.62. The Morgan fingerprint density at radius 1 is 1.15 bits per heavy atom. The summed E-state index contributed by atoms with van der Waals surface area (Å²) in [6.45, 7) is 0. The van der Waals surface area contributed by atoms with E-state index in [0.717, 1.165) is 9.80 Å². The molecule has 0 N–H and O–H groups in total. The van der Waals surface area contributed by atoms with Crippen LogP contribution in [0, 0.1) is 0 Å². The van der Waals surface area contributed by atoms with Gasteiger partial charge in [-0.25, -0.2) is 0 Å². The van der Waals surface area contributed by atoms with Crippen LogP contribution in [0.2, 0.25) is 0 Å². The van der Waals surface area contributed by atoms with Crippen LogP contribution in [-0.2, 0) is 5.33 Å². The van der Waals surface area contributed by atoms with Crippen LogP contribution in [0.3, 0.4) is 0 Å². The van der Waals surface area contributed by atoms with Gasteiger partial charge in [0, 0.05) is 29.2 Å². The van der Waals surface area contributed by atoms with Crippen molar-refractivity contribution in [3.63, 3.8) is 0 Å². The van der Waals surface area contributed by atoms with Gasteiger partial charge in [0.1, 0.15) is 0 Å². The van der Waals surface area contributed by atoms with Crippen molar-refractivity contribution in [3.05, 3.63) is 32.0 Å². The van der Waals surface area contributed by atoms with Crippen LogP contribution in [0.25, 0.3) is 10.1 Å². The summed E-state index contributed by atoms with van der Waals surface area (Å²) in [5.41, 5.74) is 0. The van der Waals surface area contributed by atoms with Gasteiger partial charge in [0.2, 0.25) is 0 Å². The first-order valence-electron chi connectivity index (χ1n) is 3.65. The number of halogens is 3. The van der Waals surface area contributed by atoms with E-state index < -0.39 is 0 Å². The molecular weight excluding hydrogens is 380 g/mol. The lowest BCUT2D eigenvalue weighted by molar-refractivity contribution is 1.59. The molecule has 0 fully saturated rings. The van der Waals surface area contributed by atoms with Crippen molar-refractivity contribution in [2.45, 2.75) is 5.33 Å². The van der Waals surface area contributed by atoms with Crippen molar-refractivity contribution in [2.24, 2.45) is 0 Å². The third-order valence-corrected chi connectivity index (χ3v) is 5.52. The minimum Gasteiger partial charge on any atom is -0.138 e. The molecule has 1 aromatic heterocycles. The molecule has 0 saturated carbocycles. The maximum Gasteiger partial charge on any atom is 0.0499 e. The van der Waals surface area contributed by atoms with E-state index in [2.05, 4.69) is 66.0 Å². The zero-order valence-electron chi connectivity index (χ0n) is 6.48. The highest BCUT2D eigenvalue weighted by atomic mass is 79.9. The molecule has 2 aromatic rings. The van der Waals surface area contributed by atoms with Crippen LogP contribution in [0.15, 0.2) is 27.1 Å². The van der Waals surface area contributed by atoms with E-state index in [1.165, 1.54) is 19.4 Å². The normalized spacial score (nSPS) is 11.0. The minimum absolute atomic E-state index is 0.922. The van der Waals surface area contributed by atoms with Gasteiger partial charge in [-0.2, -0.15) is 0 Å². The molecule has 0 nitrogen and oxygen atoms in total. The highest BCUT2D eigenvalue weighted by Crippen LogP contribution is 2.37. The number of benzene rings is 1. The van der Waals surface area contributed by atoms with Gasteiger partial charge in [-0.1, -0.05) is 31.9 Å². The van der Waals surface area contributed by atoms with Crippen LogP contribution in [0.1, 0.15) is 4.88 Å². The summed E-state index contributed by atoms with van der Waals surface area (Å²) in [6, 6.07) is 6.35. The van der Waals surface area contributed by atoms with Crippen molar-refractivity contribution in [1.29, 1.82) is 0 Å². The second kappa shape index (κ2) is 4.01. The summed E-state index contributed by atoms with van der Waals surface area (Å²) in [7, 11) is 0. The first-order valence-corrected chi connectivity index (χ1v) is 7.17. The van der Waals surface area contributed by atoms with Gasteiger partial charge in [0.05, 0.1) is 0 Å². The summed E-state index contributed by atoms with van der Waals surface area (Å²) in [6.07, 6.45) is 0. The molecule has 0 unspecified atom stereocenters. The molecule has 0 amide bonds. The number of alkyl halides is 1. The Balaban J connectivity index is 2.80. The van der Waals surface area contributed by atoms with Gasteiger partial charge in [-0.3, -0.25) is 0 Å². The third kappa shape index (κ3) is 1.87. The highest BCUT2D eigenvalue weighted by molar-refractivity contribution is 9.11. The molecule has 0 radical (unpaired) electrons. The third-order valence-electron chi connectivity index (χ3n) is 1.77. The molecule has 13 heavy (non-hydrogen) atoms. The van der Waals surface area contributed by atoms with Crippen LogP contribution < -0.4 is 0 Å². The summed E-state index contributed by atoms with van der Waals surface area (Å²) in [5, 5.41) is 2.21. The number of fused-ring (bicyclic) bond motifs is 1. The number of hydrogen-bond donors (Lipinski definition) is 0. The first kappa shape index (κ1) is 10.1. The van der Waals surface area contributed by atoms with Gasteiger partial charge < -0.3 is 0 Å². The molecular formula is C9H5Br3S. The fourth-order valence-corrected chi connectivity index (χ4v) is 3.78. The van der Waals surface area contributed by atoms with Gasteiger partial charge in [-0.15, -0.1) is 11.3 Å². The van der Waals surface area contributed by atoms with E-state index in [4.69, 9.17) is 0 Å². The molecule has 1 heterocycles. The Kier molecular flexibility index (Phi) is 3.13. The number of thiophene rings is 1. The van der Waals surface area contributed by atoms with Crippen LogP contribution >= 0.6 is 59.1 Å². The van der Waals surface area contributed by atoms with E-state index in [0.29, 0.717) is 0 Å². The van der Waals surface area contributed by atoms with Gasteiger partial charge in [0.25, 0.3) is 0 Å². The summed E-state index contributed by atoms with van der Waals surface area (Å²) >= 11 is 12.4. The summed E-state index contributed by atoms with van der Waals surface area (Å²) in [5.74, 6) is 0. The molecule has 2 rings (SSSR count). The molecule has 0 saturated heterocycles. The fraction of sp³-hybridized carbons (Fsp3) is 0.111. The predicted molar refractivity (Wildman–Crippen MR) is 69.9 cm³/mol. The first-order chi connectivity index (χ1) is 6.22. The molecule has 0 bridgehead atoms. The van der Waals surface area contributed by atoms with Crippen molar-refractivity contribution < 1.29 is 0 Å². The zero-order valence-corrected chi connectivity index (χ0v) is 12.1. The van der Waals surface area contributed by atoms with Gasteiger partial charge >= 0.3 is 0 Å².